The van der Waals surface area contributed by atoms with E-state index in [-0.39, 0.29) is 41.7 Å². The van der Waals surface area contributed by atoms with E-state index in [0.29, 0.717) is 30.2 Å². The number of carbonyl (C=O) groups excluding carboxylic acids is 2. The summed E-state index contributed by atoms with van der Waals surface area (Å²) in [4.78, 5) is 32.4. The monoisotopic (exact) mass is 457 g/mol. The molecule has 33 heavy (non-hydrogen) atoms. The van der Waals surface area contributed by atoms with Crippen LogP contribution in [-0.4, -0.2) is 65.8 Å². The Hall–Kier alpha value is -3.11. The van der Waals surface area contributed by atoms with E-state index in [1.54, 1.807) is 6.07 Å². The van der Waals surface area contributed by atoms with Gasteiger partial charge in [0.05, 0.1) is 23.8 Å². The number of hydrogen-bond acceptors (Lipinski definition) is 8. The van der Waals surface area contributed by atoms with Crippen molar-refractivity contribution in [2.75, 3.05) is 36.5 Å². The Morgan fingerprint density at radius 2 is 2.21 bits per heavy atom. The molecule has 0 radical (unpaired) electrons. The van der Waals surface area contributed by atoms with Gasteiger partial charge in [0.1, 0.15) is 23.5 Å². The van der Waals surface area contributed by atoms with Crippen LogP contribution in [-0.2, 0) is 6.42 Å². The summed E-state index contributed by atoms with van der Waals surface area (Å²) in [6, 6.07) is 3.52. The number of ether oxygens (including phenoxy) is 1. The topological polar surface area (TPSA) is 129 Å². The molecule has 1 fully saturated rings. The van der Waals surface area contributed by atoms with Gasteiger partial charge in [-0.2, -0.15) is 4.98 Å². The minimum absolute atomic E-state index is 0.0298. The first-order valence-corrected chi connectivity index (χ1v) is 11.2. The fraction of sp³-hybridized carbons (Fsp3) is 0.522. The van der Waals surface area contributed by atoms with E-state index in [0.717, 1.165) is 13.1 Å². The third kappa shape index (κ3) is 4.96. The van der Waals surface area contributed by atoms with Gasteiger partial charge in [0.25, 0.3) is 11.8 Å². The number of hydrogen-bond donors (Lipinski definition) is 4. The number of fused-ring (bicyclic) bond motifs is 1. The number of carbonyl (C=O) groups is 2. The summed E-state index contributed by atoms with van der Waals surface area (Å²) in [6.07, 6.45) is 1.66. The second kappa shape index (κ2) is 9.03. The van der Waals surface area contributed by atoms with Gasteiger partial charge in [0, 0.05) is 37.6 Å². The largest absolute Gasteiger partial charge is 0.473 e. The first-order chi connectivity index (χ1) is 15.7. The molecule has 0 saturated carbocycles. The van der Waals surface area contributed by atoms with Crippen LogP contribution in [0, 0.1) is 0 Å². The molecular weight excluding hydrogens is 426 g/mol. The number of nitrogens with one attached hydrogen (secondary N) is 3. The van der Waals surface area contributed by atoms with Crippen LogP contribution in [0.3, 0.4) is 0 Å². The van der Waals surface area contributed by atoms with Crippen LogP contribution in [0.1, 0.15) is 54.2 Å². The highest BCUT2D eigenvalue weighted by molar-refractivity contribution is 6.13. The average molecular weight is 458 g/mol. The Balaban J connectivity index is 1.58. The summed E-state index contributed by atoms with van der Waals surface area (Å²) in [5, 5.41) is 18.5. The number of furan rings is 1. The molecule has 10 heteroatoms. The Morgan fingerprint density at radius 1 is 1.42 bits per heavy atom. The lowest BCUT2D eigenvalue weighted by Gasteiger charge is -2.34. The number of aliphatic hydroxyl groups excluding tert-OH is 1. The minimum Gasteiger partial charge on any atom is -0.473 e. The Morgan fingerprint density at radius 3 is 2.94 bits per heavy atom. The molecule has 0 aliphatic carbocycles. The first kappa shape index (κ1) is 23.1. The van der Waals surface area contributed by atoms with Crippen LogP contribution in [0.15, 0.2) is 22.8 Å². The zero-order valence-corrected chi connectivity index (χ0v) is 19.4. The van der Waals surface area contributed by atoms with Crippen LogP contribution < -0.4 is 25.6 Å². The van der Waals surface area contributed by atoms with Gasteiger partial charge >= 0.3 is 0 Å². The van der Waals surface area contributed by atoms with E-state index < -0.39 is 11.4 Å². The van der Waals surface area contributed by atoms with Gasteiger partial charge in [-0.25, -0.2) is 0 Å². The van der Waals surface area contributed by atoms with E-state index in [1.165, 1.54) is 6.26 Å². The van der Waals surface area contributed by atoms with Gasteiger partial charge in [-0.15, -0.1) is 0 Å². The second-order valence-corrected chi connectivity index (χ2v) is 9.38. The van der Waals surface area contributed by atoms with E-state index >= 15 is 0 Å². The average Bonchev–Trinajstić information content (AvgIpc) is 3.17. The third-order valence-electron chi connectivity index (χ3n) is 5.63. The Labute approximate surface area is 192 Å². The van der Waals surface area contributed by atoms with Crippen LogP contribution >= 0.6 is 0 Å². The molecule has 2 aromatic heterocycles. The molecule has 178 valence electrons. The number of piperazine rings is 1. The van der Waals surface area contributed by atoms with Gasteiger partial charge in [0.15, 0.2) is 0 Å². The zero-order valence-electron chi connectivity index (χ0n) is 19.4. The molecule has 0 bridgehead atoms. The molecule has 0 unspecified atom stereocenters. The van der Waals surface area contributed by atoms with E-state index in [4.69, 9.17) is 9.15 Å². The van der Waals surface area contributed by atoms with Crippen molar-refractivity contribution in [1.29, 1.82) is 0 Å². The molecule has 0 spiro atoms. The fourth-order valence-corrected chi connectivity index (χ4v) is 4.12. The summed E-state index contributed by atoms with van der Waals surface area (Å²) >= 11 is 0. The maximum atomic E-state index is 13.1. The molecular formula is C23H31N5O5. The summed E-state index contributed by atoms with van der Waals surface area (Å²) in [5.41, 5.74) is 0.397. The van der Waals surface area contributed by atoms with Gasteiger partial charge in [0.2, 0.25) is 5.88 Å². The molecule has 1 saturated heterocycles. The highest BCUT2D eigenvalue weighted by Gasteiger charge is 2.36. The van der Waals surface area contributed by atoms with E-state index in [1.807, 2.05) is 33.8 Å². The van der Waals surface area contributed by atoms with Crippen LogP contribution in [0.25, 0.3) is 0 Å². The van der Waals surface area contributed by atoms with Crippen molar-refractivity contribution in [3.63, 3.8) is 0 Å². The summed E-state index contributed by atoms with van der Waals surface area (Å²) < 4.78 is 11.5. The van der Waals surface area contributed by atoms with Crippen LogP contribution in [0.2, 0.25) is 0 Å². The van der Waals surface area contributed by atoms with Gasteiger partial charge in [-0.1, -0.05) is 0 Å². The van der Waals surface area contributed by atoms with Crippen molar-refractivity contribution in [2.24, 2.45) is 0 Å². The molecule has 2 aliphatic heterocycles. The first-order valence-electron chi connectivity index (χ1n) is 11.2. The predicted molar refractivity (Wildman–Crippen MR) is 123 cm³/mol. The lowest BCUT2D eigenvalue weighted by molar-refractivity contribution is 0.0882. The van der Waals surface area contributed by atoms with Gasteiger partial charge < -0.3 is 35.1 Å². The maximum Gasteiger partial charge on any atom is 0.259 e. The molecule has 4 N–H and O–H groups in total. The fourth-order valence-electron chi connectivity index (χ4n) is 4.12. The predicted octanol–water partition coefficient (Wildman–Crippen LogP) is 1.55. The van der Waals surface area contributed by atoms with Crippen molar-refractivity contribution >= 4 is 23.3 Å². The SMILES string of the molecule is CC(C)Oc1nc(N2CCN[C@H](CO)C2)ccc1NC(=O)c1coc2c1C(=O)NC(C)(C)C2. The summed E-state index contributed by atoms with van der Waals surface area (Å²) in [6.45, 7) is 9.69. The van der Waals surface area contributed by atoms with E-state index in [2.05, 4.69) is 25.8 Å². The lowest BCUT2D eigenvalue weighted by atomic mass is 9.91. The molecule has 0 aromatic carbocycles. The van der Waals surface area contributed by atoms with Crippen LogP contribution in [0.4, 0.5) is 11.5 Å². The number of anilines is 2. The normalized spacial score (nSPS) is 19.8. The number of amides is 2. The molecule has 4 heterocycles. The molecule has 10 nitrogen and oxygen atoms in total. The number of aromatic nitrogens is 1. The molecule has 4 rings (SSSR count). The van der Waals surface area contributed by atoms with Gasteiger partial charge in [-0.05, 0) is 39.8 Å². The van der Waals surface area contributed by atoms with Crippen molar-refractivity contribution in [3.8, 4) is 5.88 Å². The molecule has 2 aromatic rings. The van der Waals surface area contributed by atoms with Crippen molar-refractivity contribution < 1.29 is 23.8 Å². The van der Waals surface area contributed by atoms with Gasteiger partial charge in [-0.3, -0.25) is 9.59 Å². The quantitative estimate of drug-likeness (QED) is 0.514. The number of rotatable bonds is 6. The Kier molecular flexibility index (Phi) is 6.31. The standard InChI is InChI=1S/C23H31N5O5/c1-13(2)33-22-16(5-6-18(26-22)28-8-7-24-14(10-28)11-29)25-20(30)15-12-32-17-9-23(3,4)27-21(31)19(15)17/h5-6,12-14,24,29H,7-11H2,1-4H3,(H,25,30)(H,27,31)/t14-/m0/s1. The van der Waals surface area contributed by atoms with E-state index in [9.17, 15) is 14.7 Å². The molecule has 1 atom stereocenters. The number of aliphatic hydroxyl groups is 1. The number of pyridine rings is 1. The highest BCUT2D eigenvalue weighted by Crippen LogP contribution is 2.31. The van der Waals surface area contributed by atoms with Crippen molar-refractivity contribution in [1.82, 2.24) is 15.6 Å². The van der Waals surface area contributed by atoms with Crippen molar-refractivity contribution in [3.05, 3.63) is 35.3 Å². The highest BCUT2D eigenvalue weighted by atomic mass is 16.5. The third-order valence-corrected chi connectivity index (χ3v) is 5.63. The second-order valence-electron chi connectivity index (χ2n) is 9.38. The summed E-state index contributed by atoms with van der Waals surface area (Å²) in [7, 11) is 0. The number of nitrogens with zero attached hydrogens (tertiary/aromatic N) is 2. The zero-order chi connectivity index (χ0) is 23.8. The van der Waals surface area contributed by atoms with Crippen LogP contribution in [0.5, 0.6) is 5.88 Å². The Bertz CT molecular complexity index is 1050. The smallest absolute Gasteiger partial charge is 0.259 e. The van der Waals surface area contributed by atoms with Crippen molar-refractivity contribution in [2.45, 2.75) is 51.8 Å². The molecule has 2 aliphatic rings. The lowest BCUT2D eigenvalue weighted by Crippen LogP contribution is -2.52. The summed E-state index contributed by atoms with van der Waals surface area (Å²) in [5.74, 6) is 0.687. The minimum atomic E-state index is -0.472. The maximum absolute atomic E-state index is 13.1. The molecule has 2 amide bonds.